The van der Waals surface area contributed by atoms with Gasteiger partial charge < -0.3 is 25.4 Å². The van der Waals surface area contributed by atoms with Crippen molar-refractivity contribution in [3.8, 4) is 0 Å². The van der Waals surface area contributed by atoms with E-state index in [1.165, 1.54) is 19.3 Å². The molecule has 0 aromatic heterocycles. The van der Waals surface area contributed by atoms with Gasteiger partial charge >= 0.3 is 0 Å². The summed E-state index contributed by atoms with van der Waals surface area (Å²) in [7, 11) is 0. The SMILES string of the molecule is CCNC(=NCC(=O)NC1CCCCC1)NCCCOCC1CCOCC1.I. The Hall–Kier alpha value is -0.610. The standard InChI is InChI=1S/C20H38N4O3.HI/c1-2-21-20(23-15-19(25)24-18-7-4-3-5-8-18)22-11-6-12-27-16-17-9-13-26-14-10-17;/h17-18H,2-16H2,1H3,(H,24,25)(H2,21,22,23);1H. The monoisotopic (exact) mass is 510 g/mol. The van der Waals surface area contributed by atoms with Crippen LogP contribution in [0.4, 0.5) is 0 Å². The molecule has 1 aliphatic carbocycles. The van der Waals surface area contributed by atoms with Crippen molar-refractivity contribution < 1.29 is 14.3 Å². The van der Waals surface area contributed by atoms with Crippen molar-refractivity contribution in [2.45, 2.75) is 64.3 Å². The van der Waals surface area contributed by atoms with E-state index in [0.717, 1.165) is 71.6 Å². The van der Waals surface area contributed by atoms with E-state index in [0.29, 0.717) is 17.9 Å². The zero-order valence-corrected chi connectivity index (χ0v) is 19.7. The molecule has 7 nitrogen and oxygen atoms in total. The van der Waals surface area contributed by atoms with Crippen LogP contribution in [-0.4, -0.2) is 64.0 Å². The second kappa shape index (κ2) is 16.2. The van der Waals surface area contributed by atoms with Gasteiger partial charge in [-0.25, -0.2) is 4.99 Å². The van der Waals surface area contributed by atoms with E-state index in [2.05, 4.69) is 20.9 Å². The normalized spacial score (nSPS) is 19.0. The molecule has 1 saturated heterocycles. The number of carbonyl (C=O) groups excluding carboxylic acids is 1. The van der Waals surface area contributed by atoms with Gasteiger partial charge in [-0.05, 0) is 44.9 Å². The van der Waals surface area contributed by atoms with E-state index < -0.39 is 0 Å². The van der Waals surface area contributed by atoms with Crippen LogP contribution in [0.2, 0.25) is 0 Å². The molecule has 2 rings (SSSR count). The first-order chi connectivity index (χ1) is 13.3. The summed E-state index contributed by atoms with van der Waals surface area (Å²) in [6.45, 7) is 7.06. The molecule has 1 aliphatic heterocycles. The quantitative estimate of drug-likeness (QED) is 0.182. The molecule has 164 valence electrons. The van der Waals surface area contributed by atoms with Crippen molar-refractivity contribution in [3.05, 3.63) is 0 Å². The minimum atomic E-state index is 0. The molecule has 2 fully saturated rings. The summed E-state index contributed by atoms with van der Waals surface area (Å²) in [5, 5.41) is 9.57. The molecule has 0 atom stereocenters. The fourth-order valence-corrected chi connectivity index (χ4v) is 3.56. The van der Waals surface area contributed by atoms with Crippen molar-refractivity contribution >= 4 is 35.8 Å². The van der Waals surface area contributed by atoms with E-state index >= 15 is 0 Å². The van der Waals surface area contributed by atoms with E-state index in [9.17, 15) is 4.79 Å². The predicted octanol–water partition coefficient (Wildman–Crippen LogP) is 2.44. The van der Waals surface area contributed by atoms with Crippen LogP contribution in [-0.2, 0) is 14.3 Å². The predicted molar refractivity (Wildman–Crippen MR) is 123 cm³/mol. The average molecular weight is 510 g/mol. The Bertz CT molecular complexity index is 439. The zero-order valence-electron chi connectivity index (χ0n) is 17.3. The Balaban J connectivity index is 0.00000392. The second-order valence-electron chi connectivity index (χ2n) is 7.51. The number of ether oxygens (including phenoxy) is 2. The smallest absolute Gasteiger partial charge is 0.242 e. The summed E-state index contributed by atoms with van der Waals surface area (Å²) >= 11 is 0. The van der Waals surface area contributed by atoms with Gasteiger partial charge in [0, 0.05) is 45.6 Å². The third-order valence-corrected chi connectivity index (χ3v) is 5.15. The Morgan fingerprint density at radius 2 is 1.86 bits per heavy atom. The highest BCUT2D eigenvalue weighted by molar-refractivity contribution is 14.0. The maximum atomic E-state index is 12.1. The van der Waals surface area contributed by atoms with Gasteiger partial charge in [0.1, 0.15) is 6.54 Å². The lowest BCUT2D eigenvalue weighted by Gasteiger charge is -2.22. The molecule has 1 amide bonds. The molecule has 3 N–H and O–H groups in total. The third kappa shape index (κ3) is 11.4. The summed E-state index contributed by atoms with van der Waals surface area (Å²) in [6.07, 6.45) is 9.06. The molecule has 1 heterocycles. The summed E-state index contributed by atoms with van der Waals surface area (Å²) in [5.74, 6) is 1.35. The van der Waals surface area contributed by atoms with Gasteiger partial charge in [0.15, 0.2) is 5.96 Å². The van der Waals surface area contributed by atoms with Crippen molar-refractivity contribution in [2.24, 2.45) is 10.9 Å². The van der Waals surface area contributed by atoms with Gasteiger partial charge in [0.2, 0.25) is 5.91 Å². The van der Waals surface area contributed by atoms with Crippen LogP contribution in [0.15, 0.2) is 4.99 Å². The lowest BCUT2D eigenvalue weighted by atomic mass is 9.95. The van der Waals surface area contributed by atoms with Gasteiger partial charge in [-0.15, -0.1) is 24.0 Å². The van der Waals surface area contributed by atoms with Gasteiger partial charge in [-0.2, -0.15) is 0 Å². The summed E-state index contributed by atoms with van der Waals surface area (Å²) in [5.41, 5.74) is 0. The number of hydrogen-bond acceptors (Lipinski definition) is 4. The molecule has 0 spiro atoms. The maximum Gasteiger partial charge on any atom is 0.242 e. The molecule has 28 heavy (non-hydrogen) atoms. The highest BCUT2D eigenvalue weighted by atomic mass is 127. The fraction of sp³-hybridized carbons (Fsp3) is 0.900. The zero-order chi connectivity index (χ0) is 19.2. The minimum Gasteiger partial charge on any atom is -0.381 e. The topological polar surface area (TPSA) is 84.0 Å². The van der Waals surface area contributed by atoms with Crippen molar-refractivity contribution in [3.63, 3.8) is 0 Å². The number of carbonyl (C=O) groups is 1. The fourth-order valence-electron chi connectivity index (χ4n) is 3.56. The van der Waals surface area contributed by atoms with Gasteiger partial charge in [-0.1, -0.05) is 19.3 Å². The molecule has 0 radical (unpaired) electrons. The van der Waals surface area contributed by atoms with Gasteiger partial charge in [0.25, 0.3) is 0 Å². The molecule has 0 aromatic rings. The Labute approximate surface area is 187 Å². The lowest BCUT2D eigenvalue weighted by molar-refractivity contribution is -0.120. The van der Waals surface area contributed by atoms with E-state index in [1.54, 1.807) is 0 Å². The first kappa shape index (κ1) is 25.4. The molecule has 2 aliphatic rings. The van der Waals surface area contributed by atoms with Crippen LogP contribution in [0.3, 0.4) is 0 Å². The Kier molecular flexibility index (Phi) is 14.7. The van der Waals surface area contributed by atoms with Crippen LogP contribution >= 0.6 is 24.0 Å². The third-order valence-electron chi connectivity index (χ3n) is 5.15. The number of aliphatic imine (C=N–C) groups is 1. The summed E-state index contributed by atoms with van der Waals surface area (Å²) in [4.78, 5) is 16.5. The molecule has 8 heteroatoms. The van der Waals surface area contributed by atoms with Crippen LogP contribution in [0.1, 0.15) is 58.3 Å². The Morgan fingerprint density at radius 3 is 2.57 bits per heavy atom. The highest BCUT2D eigenvalue weighted by Gasteiger charge is 2.15. The average Bonchev–Trinajstić information content (AvgIpc) is 2.70. The largest absolute Gasteiger partial charge is 0.381 e. The van der Waals surface area contributed by atoms with Gasteiger partial charge in [0.05, 0.1) is 0 Å². The number of halogens is 1. The highest BCUT2D eigenvalue weighted by Crippen LogP contribution is 2.17. The minimum absolute atomic E-state index is 0. The summed E-state index contributed by atoms with van der Waals surface area (Å²) in [6, 6.07) is 0.338. The number of amides is 1. The Morgan fingerprint density at radius 1 is 1.11 bits per heavy atom. The second-order valence-corrected chi connectivity index (χ2v) is 7.51. The van der Waals surface area contributed by atoms with Crippen molar-refractivity contribution in [1.82, 2.24) is 16.0 Å². The van der Waals surface area contributed by atoms with E-state index in [1.807, 2.05) is 6.92 Å². The molecule has 1 saturated carbocycles. The van der Waals surface area contributed by atoms with Crippen molar-refractivity contribution in [2.75, 3.05) is 46.1 Å². The molecule has 0 aromatic carbocycles. The number of nitrogens with zero attached hydrogens (tertiary/aromatic N) is 1. The number of nitrogens with one attached hydrogen (secondary N) is 3. The first-order valence-corrected chi connectivity index (χ1v) is 10.7. The first-order valence-electron chi connectivity index (χ1n) is 10.7. The van der Waals surface area contributed by atoms with Crippen LogP contribution in [0.5, 0.6) is 0 Å². The molecule has 0 unspecified atom stereocenters. The number of hydrogen-bond donors (Lipinski definition) is 3. The lowest BCUT2D eigenvalue weighted by Crippen LogP contribution is -2.41. The van der Waals surface area contributed by atoms with Crippen molar-refractivity contribution in [1.29, 1.82) is 0 Å². The van der Waals surface area contributed by atoms with Crippen LogP contribution in [0, 0.1) is 5.92 Å². The molecular weight excluding hydrogens is 471 g/mol. The van der Waals surface area contributed by atoms with Crippen LogP contribution < -0.4 is 16.0 Å². The van der Waals surface area contributed by atoms with E-state index in [-0.39, 0.29) is 36.4 Å². The number of guanidine groups is 1. The van der Waals surface area contributed by atoms with Crippen LogP contribution in [0.25, 0.3) is 0 Å². The number of rotatable bonds is 10. The van der Waals surface area contributed by atoms with E-state index in [4.69, 9.17) is 9.47 Å². The molecular formula is C20H39IN4O3. The summed E-state index contributed by atoms with van der Waals surface area (Å²) < 4.78 is 11.1. The molecule has 0 bridgehead atoms. The van der Waals surface area contributed by atoms with Gasteiger partial charge in [-0.3, -0.25) is 4.79 Å². The maximum absolute atomic E-state index is 12.1.